The van der Waals surface area contributed by atoms with Crippen molar-refractivity contribution in [2.75, 3.05) is 52.2 Å². The topological polar surface area (TPSA) is 73.9 Å². The fourth-order valence-corrected chi connectivity index (χ4v) is 3.53. The lowest BCUT2D eigenvalue weighted by atomic mass is 10.0. The number of nitrogens with one attached hydrogen (secondary N) is 2. The number of carbonyl (C=O) groups excluding carboxylic acids is 2. The van der Waals surface area contributed by atoms with Crippen molar-refractivity contribution in [1.82, 2.24) is 15.1 Å². The van der Waals surface area contributed by atoms with E-state index in [1.54, 1.807) is 31.4 Å². The molecule has 0 aromatic heterocycles. The third-order valence-corrected chi connectivity index (χ3v) is 5.50. The summed E-state index contributed by atoms with van der Waals surface area (Å²) in [5.74, 6) is -0.593. The van der Waals surface area contributed by atoms with E-state index in [0.717, 1.165) is 37.5 Å². The molecule has 160 valence electrons. The summed E-state index contributed by atoms with van der Waals surface area (Å²) in [5, 5.41) is 5.93. The highest BCUT2D eigenvalue weighted by molar-refractivity contribution is 6.39. The van der Waals surface area contributed by atoms with Crippen LogP contribution in [0.4, 0.5) is 5.69 Å². The first kappa shape index (κ1) is 22.1. The van der Waals surface area contributed by atoms with Crippen molar-refractivity contribution in [1.29, 1.82) is 0 Å². The molecule has 1 saturated heterocycles. The monoisotopic (exact) mass is 430 g/mol. The Hall–Kier alpha value is -2.61. The van der Waals surface area contributed by atoms with Crippen LogP contribution in [0.2, 0.25) is 5.02 Å². The van der Waals surface area contributed by atoms with Gasteiger partial charge in [0.05, 0.1) is 13.2 Å². The summed E-state index contributed by atoms with van der Waals surface area (Å²) in [4.78, 5) is 29.3. The Morgan fingerprint density at radius 1 is 1.00 bits per heavy atom. The molecule has 0 aliphatic carbocycles. The number of piperazine rings is 1. The van der Waals surface area contributed by atoms with Gasteiger partial charge in [-0.05, 0) is 49.0 Å². The van der Waals surface area contributed by atoms with E-state index in [1.807, 2.05) is 24.3 Å². The summed E-state index contributed by atoms with van der Waals surface area (Å²) < 4.78 is 5.25. The maximum Gasteiger partial charge on any atom is 0.313 e. The molecule has 2 aromatic carbocycles. The molecule has 0 bridgehead atoms. The predicted octanol–water partition coefficient (Wildman–Crippen LogP) is 2.39. The maximum atomic E-state index is 12.4. The third kappa shape index (κ3) is 5.95. The van der Waals surface area contributed by atoms with Gasteiger partial charge >= 0.3 is 11.8 Å². The Kier molecular flexibility index (Phi) is 7.68. The van der Waals surface area contributed by atoms with Gasteiger partial charge in [0.1, 0.15) is 5.75 Å². The Morgan fingerprint density at radius 2 is 1.63 bits per heavy atom. The van der Waals surface area contributed by atoms with Crippen molar-refractivity contribution >= 4 is 29.1 Å². The second kappa shape index (κ2) is 10.4. The SMILES string of the molecule is COc1ccc([C@@H](CNC(=O)C(=O)Nc2ccc(Cl)cc2)N2CCN(C)CC2)cc1. The van der Waals surface area contributed by atoms with Gasteiger partial charge in [-0.3, -0.25) is 14.5 Å². The van der Waals surface area contributed by atoms with Crippen LogP contribution in [0.25, 0.3) is 0 Å². The molecule has 1 heterocycles. The third-order valence-electron chi connectivity index (χ3n) is 5.24. The van der Waals surface area contributed by atoms with Crippen molar-refractivity contribution in [2.24, 2.45) is 0 Å². The molecule has 0 spiro atoms. The molecule has 1 atom stereocenters. The number of benzene rings is 2. The lowest BCUT2D eigenvalue weighted by Gasteiger charge is -2.38. The average molecular weight is 431 g/mol. The van der Waals surface area contributed by atoms with Crippen molar-refractivity contribution in [3.05, 3.63) is 59.1 Å². The molecule has 1 fully saturated rings. The van der Waals surface area contributed by atoms with Crippen molar-refractivity contribution in [3.8, 4) is 5.75 Å². The molecular formula is C22H27ClN4O3. The fraction of sp³-hybridized carbons (Fsp3) is 0.364. The van der Waals surface area contributed by atoms with Gasteiger partial charge in [0.2, 0.25) is 0 Å². The van der Waals surface area contributed by atoms with E-state index in [0.29, 0.717) is 17.3 Å². The number of nitrogens with zero attached hydrogens (tertiary/aromatic N) is 2. The van der Waals surface area contributed by atoms with Crippen LogP contribution in [0.15, 0.2) is 48.5 Å². The van der Waals surface area contributed by atoms with Crippen molar-refractivity contribution in [2.45, 2.75) is 6.04 Å². The van der Waals surface area contributed by atoms with Gasteiger partial charge in [0, 0.05) is 43.4 Å². The number of rotatable bonds is 6. The number of halogens is 1. The van der Waals surface area contributed by atoms with E-state index >= 15 is 0 Å². The van der Waals surface area contributed by atoms with Crippen molar-refractivity contribution in [3.63, 3.8) is 0 Å². The molecule has 2 amide bonds. The molecule has 30 heavy (non-hydrogen) atoms. The van der Waals surface area contributed by atoms with Gasteiger partial charge < -0.3 is 20.3 Å². The van der Waals surface area contributed by atoms with Crippen LogP contribution in [0.5, 0.6) is 5.75 Å². The van der Waals surface area contributed by atoms with E-state index in [9.17, 15) is 9.59 Å². The van der Waals surface area contributed by atoms with Gasteiger partial charge in [-0.15, -0.1) is 0 Å². The molecular weight excluding hydrogens is 404 g/mol. The minimum absolute atomic E-state index is 0.0307. The number of ether oxygens (including phenoxy) is 1. The Bertz CT molecular complexity index is 850. The zero-order valence-corrected chi connectivity index (χ0v) is 18.0. The van der Waals surface area contributed by atoms with Crippen LogP contribution >= 0.6 is 11.6 Å². The first-order valence-electron chi connectivity index (χ1n) is 9.87. The predicted molar refractivity (Wildman–Crippen MR) is 118 cm³/mol. The lowest BCUT2D eigenvalue weighted by Crippen LogP contribution is -2.49. The highest BCUT2D eigenvalue weighted by Crippen LogP contribution is 2.24. The number of methoxy groups -OCH3 is 1. The maximum absolute atomic E-state index is 12.4. The molecule has 1 aliphatic rings. The number of amides is 2. The zero-order valence-electron chi connectivity index (χ0n) is 17.2. The van der Waals surface area contributed by atoms with Gasteiger partial charge in [-0.1, -0.05) is 23.7 Å². The van der Waals surface area contributed by atoms with Crippen molar-refractivity contribution < 1.29 is 14.3 Å². The second-order valence-corrected chi connectivity index (χ2v) is 7.74. The summed E-state index contributed by atoms with van der Waals surface area (Å²) in [6.45, 7) is 4.03. The normalized spacial score (nSPS) is 16.0. The molecule has 8 heteroatoms. The molecule has 2 aromatic rings. The van der Waals surface area contributed by atoms with Gasteiger partial charge in [-0.25, -0.2) is 0 Å². The van der Waals surface area contributed by atoms with E-state index in [4.69, 9.17) is 16.3 Å². The van der Waals surface area contributed by atoms with E-state index in [1.165, 1.54) is 0 Å². The number of anilines is 1. The molecule has 0 saturated carbocycles. The Balaban J connectivity index is 1.65. The number of carbonyl (C=O) groups is 2. The van der Waals surface area contributed by atoms with Crippen LogP contribution in [0, 0.1) is 0 Å². The van der Waals surface area contributed by atoms with Crippen LogP contribution < -0.4 is 15.4 Å². The van der Waals surface area contributed by atoms with Gasteiger partial charge in [0.25, 0.3) is 0 Å². The van der Waals surface area contributed by atoms with Gasteiger partial charge in [-0.2, -0.15) is 0 Å². The highest BCUT2D eigenvalue weighted by Gasteiger charge is 2.25. The largest absolute Gasteiger partial charge is 0.497 e. The summed E-state index contributed by atoms with van der Waals surface area (Å²) in [6.07, 6.45) is 0. The Labute approximate surface area is 181 Å². The first-order valence-corrected chi connectivity index (χ1v) is 10.3. The summed E-state index contributed by atoms with van der Waals surface area (Å²) in [5.41, 5.74) is 1.59. The van der Waals surface area contributed by atoms with Crippen LogP contribution in [0.1, 0.15) is 11.6 Å². The standard InChI is InChI=1S/C22H27ClN4O3/c1-26-11-13-27(14-12-26)20(16-3-9-19(30-2)10-4-16)15-24-21(28)22(29)25-18-7-5-17(23)6-8-18/h3-10,20H,11-15H2,1-2H3,(H,24,28)(H,25,29)/t20-/m1/s1. The number of likely N-dealkylation sites (N-methyl/N-ethyl adjacent to an activating group) is 1. The van der Waals surface area contributed by atoms with E-state index in [-0.39, 0.29) is 6.04 Å². The van der Waals surface area contributed by atoms with Crippen LogP contribution in [0.3, 0.4) is 0 Å². The summed E-state index contributed by atoms with van der Waals surface area (Å²) in [6, 6.07) is 14.4. The first-order chi connectivity index (χ1) is 14.5. The summed E-state index contributed by atoms with van der Waals surface area (Å²) in [7, 11) is 3.73. The Morgan fingerprint density at radius 3 is 2.23 bits per heavy atom. The average Bonchev–Trinajstić information content (AvgIpc) is 2.77. The van der Waals surface area contributed by atoms with Gasteiger partial charge in [0.15, 0.2) is 0 Å². The molecule has 2 N–H and O–H groups in total. The minimum atomic E-state index is -0.704. The highest BCUT2D eigenvalue weighted by atomic mass is 35.5. The molecule has 7 nitrogen and oxygen atoms in total. The molecule has 3 rings (SSSR count). The minimum Gasteiger partial charge on any atom is -0.497 e. The van der Waals surface area contributed by atoms with E-state index < -0.39 is 11.8 Å². The molecule has 1 aliphatic heterocycles. The second-order valence-electron chi connectivity index (χ2n) is 7.30. The number of hydrogen-bond acceptors (Lipinski definition) is 5. The number of hydrogen-bond donors (Lipinski definition) is 2. The van der Waals surface area contributed by atoms with E-state index in [2.05, 4.69) is 27.5 Å². The molecule has 0 unspecified atom stereocenters. The molecule has 0 radical (unpaired) electrons. The quantitative estimate of drug-likeness (QED) is 0.688. The smallest absolute Gasteiger partial charge is 0.313 e. The van der Waals surface area contributed by atoms with Crippen LogP contribution in [-0.2, 0) is 9.59 Å². The summed E-state index contributed by atoms with van der Waals surface area (Å²) >= 11 is 5.85. The zero-order chi connectivity index (χ0) is 21.5. The lowest BCUT2D eigenvalue weighted by molar-refractivity contribution is -0.136. The fourth-order valence-electron chi connectivity index (χ4n) is 3.41. The van der Waals surface area contributed by atoms with Crippen LogP contribution in [-0.4, -0.2) is 68.5 Å².